The van der Waals surface area contributed by atoms with Gasteiger partial charge in [0.25, 0.3) is 0 Å². The predicted molar refractivity (Wildman–Crippen MR) is 108 cm³/mol. The zero-order chi connectivity index (χ0) is 21.6. The van der Waals surface area contributed by atoms with Crippen LogP contribution in [-0.4, -0.2) is 46.0 Å². The first-order chi connectivity index (χ1) is 14.4. The van der Waals surface area contributed by atoms with Crippen molar-refractivity contribution in [3.8, 4) is 28.6 Å². The van der Waals surface area contributed by atoms with Crippen molar-refractivity contribution in [2.45, 2.75) is 4.90 Å². The zero-order valence-corrected chi connectivity index (χ0v) is 17.1. The van der Waals surface area contributed by atoms with Gasteiger partial charge in [0.15, 0.2) is 0 Å². The Hall–Kier alpha value is -3.24. The van der Waals surface area contributed by atoms with Crippen LogP contribution in [0.15, 0.2) is 59.5 Å². The molecular weight excluding hydrogens is 413 g/mol. The number of aromatic nitrogens is 2. The van der Waals surface area contributed by atoms with E-state index in [4.69, 9.17) is 14.2 Å². The molecule has 10 heteroatoms. The second kappa shape index (κ2) is 9.51. The Bertz CT molecular complexity index is 1090. The highest BCUT2D eigenvalue weighted by Crippen LogP contribution is 2.28. The molecule has 0 saturated heterocycles. The number of nitrogens with one attached hydrogen (secondary N) is 1. The Labute approximate surface area is 173 Å². The van der Waals surface area contributed by atoms with Crippen molar-refractivity contribution in [1.29, 1.82) is 0 Å². The molecule has 0 saturated carbocycles. The van der Waals surface area contributed by atoms with Crippen LogP contribution in [0.3, 0.4) is 0 Å². The maximum atomic E-state index is 13.0. The number of rotatable bonds is 9. The number of nitrogens with zero attached hydrogens (tertiary/aromatic N) is 2. The smallest absolute Gasteiger partial charge is 0.244 e. The summed E-state index contributed by atoms with van der Waals surface area (Å²) in [4.78, 5) is -0.00533. The van der Waals surface area contributed by atoms with Gasteiger partial charge in [-0.1, -0.05) is 0 Å². The van der Waals surface area contributed by atoms with E-state index in [1.54, 1.807) is 24.3 Å². The summed E-state index contributed by atoms with van der Waals surface area (Å²) in [6, 6.07) is 13.6. The second-order valence-corrected chi connectivity index (χ2v) is 7.76. The molecule has 0 aliphatic rings. The van der Waals surface area contributed by atoms with E-state index in [1.165, 1.54) is 44.6 Å². The van der Waals surface area contributed by atoms with Crippen LogP contribution in [0.4, 0.5) is 4.39 Å². The minimum Gasteiger partial charge on any atom is -0.497 e. The van der Waals surface area contributed by atoms with E-state index >= 15 is 0 Å². The van der Waals surface area contributed by atoms with Crippen molar-refractivity contribution in [2.75, 3.05) is 27.4 Å². The quantitative estimate of drug-likeness (QED) is 0.518. The van der Waals surface area contributed by atoms with Gasteiger partial charge in [0.05, 0.1) is 19.9 Å². The molecule has 1 N–H and O–H groups in total. The molecule has 0 aliphatic carbocycles. The molecule has 0 atom stereocenters. The van der Waals surface area contributed by atoms with E-state index in [2.05, 4.69) is 14.9 Å². The summed E-state index contributed by atoms with van der Waals surface area (Å²) in [5, 5.41) is 7.97. The SMILES string of the molecule is COc1ccc(S(=O)(=O)NCCOc2ccc(-c3ccc(F)cc3)nn2)c(OC)c1. The van der Waals surface area contributed by atoms with Crippen LogP contribution in [0, 0.1) is 5.82 Å². The van der Waals surface area contributed by atoms with Crippen LogP contribution in [-0.2, 0) is 10.0 Å². The molecule has 0 spiro atoms. The Kier molecular flexibility index (Phi) is 6.80. The highest BCUT2D eigenvalue weighted by Gasteiger charge is 2.19. The largest absolute Gasteiger partial charge is 0.497 e. The number of ether oxygens (including phenoxy) is 3. The van der Waals surface area contributed by atoms with Gasteiger partial charge in [-0.05, 0) is 42.5 Å². The van der Waals surface area contributed by atoms with Crippen LogP contribution >= 0.6 is 0 Å². The number of halogens is 1. The minimum atomic E-state index is -3.81. The van der Waals surface area contributed by atoms with Gasteiger partial charge in [0.1, 0.15) is 28.8 Å². The van der Waals surface area contributed by atoms with Crippen LogP contribution in [0.2, 0.25) is 0 Å². The standard InChI is InChI=1S/C20H20FN3O5S/c1-27-16-7-9-19(18(13-16)28-2)30(25,26)22-11-12-29-20-10-8-17(23-24-20)14-3-5-15(21)6-4-14/h3-10,13,22H,11-12H2,1-2H3. The van der Waals surface area contributed by atoms with Gasteiger partial charge in [0, 0.05) is 24.2 Å². The van der Waals surface area contributed by atoms with E-state index in [1.807, 2.05) is 0 Å². The highest BCUT2D eigenvalue weighted by molar-refractivity contribution is 7.89. The minimum absolute atomic E-state index is 0.00533. The van der Waals surface area contributed by atoms with Gasteiger partial charge in [0.2, 0.25) is 15.9 Å². The van der Waals surface area contributed by atoms with Gasteiger partial charge in [-0.2, -0.15) is 0 Å². The van der Waals surface area contributed by atoms with Crippen molar-refractivity contribution in [2.24, 2.45) is 0 Å². The van der Waals surface area contributed by atoms with E-state index in [0.29, 0.717) is 11.4 Å². The van der Waals surface area contributed by atoms with Crippen LogP contribution in [0.25, 0.3) is 11.3 Å². The average Bonchev–Trinajstić information content (AvgIpc) is 2.77. The molecule has 0 radical (unpaired) electrons. The summed E-state index contributed by atoms with van der Waals surface area (Å²) in [6.45, 7) is 0.0567. The van der Waals surface area contributed by atoms with Crippen LogP contribution in [0.1, 0.15) is 0 Å². The summed E-state index contributed by atoms with van der Waals surface area (Å²) >= 11 is 0. The normalized spacial score (nSPS) is 11.2. The number of hydrogen-bond acceptors (Lipinski definition) is 7. The molecule has 0 unspecified atom stereocenters. The lowest BCUT2D eigenvalue weighted by atomic mass is 10.1. The molecule has 0 bridgehead atoms. The van der Waals surface area contributed by atoms with E-state index in [-0.39, 0.29) is 35.5 Å². The Balaban J connectivity index is 1.56. The van der Waals surface area contributed by atoms with Gasteiger partial charge < -0.3 is 14.2 Å². The molecule has 30 heavy (non-hydrogen) atoms. The Morgan fingerprint density at radius 2 is 1.73 bits per heavy atom. The van der Waals surface area contributed by atoms with Crippen LogP contribution in [0.5, 0.6) is 17.4 Å². The number of hydrogen-bond donors (Lipinski definition) is 1. The molecule has 3 rings (SSSR count). The molecule has 1 aromatic heterocycles. The van der Waals surface area contributed by atoms with Crippen molar-refractivity contribution >= 4 is 10.0 Å². The van der Waals surface area contributed by atoms with E-state index in [0.717, 1.165) is 5.56 Å². The average molecular weight is 433 g/mol. The lowest BCUT2D eigenvalue weighted by molar-refractivity contribution is 0.307. The molecule has 0 amide bonds. The first-order valence-corrected chi connectivity index (χ1v) is 10.4. The summed E-state index contributed by atoms with van der Waals surface area (Å²) < 4.78 is 56.1. The third-order valence-electron chi connectivity index (χ3n) is 4.08. The van der Waals surface area contributed by atoms with Crippen molar-refractivity contribution in [3.05, 3.63) is 60.4 Å². The van der Waals surface area contributed by atoms with Crippen LogP contribution < -0.4 is 18.9 Å². The number of sulfonamides is 1. The Morgan fingerprint density at radius 1 is 0.967 bits per heavy atom. The first-order valence-electron chi connectivity index (χ1n) is 8.87. The Morgan fingerprint density at radius 3 is 2.37 bits per heavy atom. The molecule has 0 fully saturated rings. The fourth-order valence-corrected chi connectivity index (χ4v) is 3.74. The van der Waals surface area contributed by atoms with Crippen molar-refractivity contribution in [1.82, 2.24) is 14.9 Å². The maximum absolute atomic E-state index is 13.0. The van der Waals surface area contributed by atoms with Crippen molar-refractivity contribution < 1.29 is 27.0 Å². The molecule has 0 aliphatic heterocycles. The zero-order valence-electron chi connectivity index (χ0n) is 16.3. The van der Waals surface area contributed by atoms with E-state index < -0.39 is 10.0 Å². The number of benzene rings is 2. The molecular formula is C20H20FN3O5S. The maximum Gasteiger partial charge on any atom is 0.244 e. The van der Waals surface area contributed by atoms with E-state index in [9.17, 15) is 12.8 Å². The third kappa shape index (κ3) is 5.22. The summed E-state index contributed by atoms with van der Waals surface area (Å²) in [6.07, 6.45) is 0. The third-order valence-corrected chi connectivity index (χ3v) is 5.58. The summed E-state index contributed by atoms with van der Waals surface area (Å²) in [5.74, 6) is 0.560. The predicted octanol–water partition coefficient (Wildman–Crippen LogP) is 2.66. The molecule has 8 nitrogen and oxygen atoms in total. The second-order valence-electron chi connectivity index (χ2n) is 6.03. The van der Waals surface area contributed by atoms with Gasteiger partial charge in [-0.25, -0.2) is 17.5 Å². The topological polar surface area (TPSA) is 99.6 Å². The van der Waals surface area contributed by atoms with Gasteiger partial charge in [-0.15, -0.1) is 10.2 Å². The fraction of sp³-hybridized carbons (Fsp3) is 0.200. The van der Waals surface area contributed by atoms with Crippen molar-refractivity contribution in [3.63, 3.8) is 0 Å². The fourth-order valence-electron chi connectivity index (χ4n) is 2.58. The van der Waals surface area contributed by atoms with Gasteiger partial charge in [-0.3, -0.25) is 0 Å². The highest BCUT2D eigenvalue weighted by atomic mass is 32.2. The monoisotopic (exact) mass is 433 g/mol. The molecule has 3 aromatic rings. The molecule has 2 aromatic carbocycles. The first kappa shape index (κ1) is 21.5. The summed E-state index contributed by atoms with van der Waals surface area (Å²) in [7, 11) is -0.946. The number of methoxy groups -OCH3 is 2. The summed E-state index contributed by atoms with van der Waals surface area (Å²) in [5.41, 5.74) is 1.28. The lowest BCUT2D eigenvalue weighted by Crippen LogP contribution is -2.28. The molecule has 158 valence electrons. The van der Waals surface area contributed by atoms with Gasteiger partial charge >= 0.3 is 0 Å². The lowest BCUT2D eigenvalue weighted by Gasteiger charge is -2.12. The molecule has 1 heterocycles.